The van der Waals surface area contributed by atoms with Crippen LogP contribution in [0.1, 0.15) is 16.8 Å². The summed E-state index contributed by atoms with van der Waals surface area (Å²) in [6.07, 6.45) is 0.830. The van der Waals surface area contributed by atoms with Gasteiger partial charge in [0.25, 0.3) is 5.91 Å². The number of nitrogens with zero attached hydrogens (tertiary/aromatic N) is 1. The maximum atomic E-state index is 12.1. The maximum Gasteiger partial charge on any atom is 0.257 e. The van der Waals surface area contributed by atoms with Gasteiger partial charge >= 0.3 is 0 Å². The molecule has 3 N–H and O–H groups in total. The van der Waals surface area contributed by atoms with Crippen LogP contribution in [0.25, 0.3) is 0 Å². The Bertz CT molecular complexity index is 422. The molecule has 2 rings (SSSR count). The van der Waals surface area contributed by atoms with E-state index in [1.54, 1.807) is 23.1 Å². The quantitative estimate of drug-likeness (QED) is 0.759. The smallest absolute Gasteiger partial charge is 0.257 e. The summed E-state index contributed by atoms with van der Waals surface area (Å²) in [6, 6.07) is 5.07. The molecule has 0 unspecified atom stereocenters. The zero-order chi connectivity index (χ0) is 11.7. The Morgan fingerprint density at radius 3 is 2.94 bits per heavy atom. The van der Waals surface area contributed by atoms with Gasteiger partial charge in [-0.25, -0.2) is 0 Å². The molecule has 0 bridgehead atoms. The van der Waals surface area contributed by atoms with E-state index < -0.39 is 0 Å². The van der Waals surface area contributed by atoms with E-state index in [4.69, 9.17) is 5.73 Å². The van der Waals surface area contributed by atoms with Crippen molar-refractivity contribution >= 4 is 28.5 Å². The fourth-order valence-electron chi connectivity index (χ4n) is 1.82. The molecular weight excluding hydrogens is 319 g/mol. The van der Waals surface area contributed by atoms with Crippen LogP contribution in [0.4, 0.5) is 0 Å². The predicted octanol–water partition coefficient (Wildman–Crippen LogP) is 1.17. The summed E-state index contributed by atoms with van der Waals surface area (Å²) in [5.41, 5.74) is 6.11. The number of phenolic OH excluding ortho intramolecular Hbond substituents is 1. The van der Waals surface area contributed by atoms with Gasteiger partial charge in [0.05, 0.1) is 5.56 Å². The van der Waals surface area contributed by atoms with E-state index in [-0.39, 0.29) is 17.7 Å². The Morgan fingerprint density at radius 2 is 2.31 bits per heavy atom. The van der Waals surface area contributed by atoms with Crippen molar-refractivity contribution in [1.29, 1.82) is 0 Å². The number of hydrogen-bond donors (Lipinski definition) is 2. The molecule has 4 nitrogen and oxygen atoms in total. The molecule has 1 amide bonds. The lowest BCUT2D eigenvalue weighted by Gasteiger charge is -2.16. The fourth-order valence-corrected chi connectivity index (χ4v) is 2.31. The number of aromatic hydroxyl groups is 1. The van der Waals surface area contributed by atoms with Gasteiger partial charge < -0.3 is 15.7 Å². The van der Waals surface area contributed by atoms with Crippen molar-refractivity contribution in [3.05, 3.63) is 27.3 Å². The van der Waals surface area contributed by atoms with Crippen LogP contribution >= 0.6 is 22.6 Å². The van der Waals surface area contributed by atoms with Gasteiger partial charge in [-0.2, -0.15) is 0 Å². The molecular formula is C11H13IN2O2. The number of carbonyl (C=O) groups is 1. The van der Waals surface area contributed by atoms with Gasteiger partial charge in [0.2, 0.25) is 0 Å². The second kappa shape index (κ2) is 4.58. The monoisotopic (exact) mass is 332 g/mol. The second-order valence-corrected chi connectivity index (χ2v) is 5.21. The minimum Gasteiger partial charge on any atom is -0.507 e. The molecule has 86 valence electrons. The van der Waals surface area contributed by atoms with Crippen LogP contribution in [-0.4, -0.2) is 35.0 Å². The molecule has 0 saturated carbocycles. The van der Waals surface area contributed by atoms with E-state index in [1.165, 1.54) is 0 Å². The summed E-state index contributed by atoms with van der Waals surface area (Å²) >= 11 is 2.12. The predicted molar refractivity (Wildman–Crippen MR) is 69.3 cm³/mol. The molecule has 1 saturated heterocycles. The standard InChI is InChI=1S/C11H13IN2O2/c12-7-1-2-10(15)9(5-7)11(16)14-4-3-8(13)6-14/h1-2,5,8,15H,3-4,6,13H2/t8-/m0/s1. The first kappa shape index (κ1) is 11.7. The molecule has 5 heteroatoms. The average molecular weight is 332 g/mol. The minimum absolute atomic E-state index is 0.0332. The molecule has 0 spiro atoms. The van der Waals surface area contributed by atoms with E-state index in [0.717, 1.165) is 9.99 Å². The van der Waals surface area contributed by atoms with Crippen molar-refractivity contribution in [1.82, 2.24) is 4.90 Å². The van der Waals surface area contributed by atoms with Gasteiger partial charge in [0, 0.05) is 22.7 Å². The van der Waals surface area contributed by atoms with Crippen molar-refractivity contribution in [2.24, 2.45) is 5.73 Å². The number of carbonyl (C=O) groups excluding carboxylic acids is 1. The van der Waals surface area contributed by atoms with Crippen molar-refractivity contribution in [3.63, 3.8) is 0 Å². The summed E-state index contributed by atoms with van der Waals surface area (Å²) in [5.74, 6) is -0.102. The second-order valence-electron chi connectivity index (χ2n) is 3.96. The number of phenols is 1. The van der Waals surface area contributed by atoms with Gasteiger partial charge in [-0.1, -0.05) is 0 Å². The van der Waals surface area contributed by atoms with E-state index in [1.807, 2.05) is 0 Å². The molecule has 1 heterocycles. The maximum absolute atomic E-state index is 12.1. The fraction of sp³-hybridized carbons (Fsp3) is 0.364. The van der Waals surface area contributed by atoms with Crippen molar-refractivity contribution in [2.45, 2.75) is 12.5 Å². The lowest BCUT2D eigenvalue weighted by atomic mass is 10.2. The summed E-state index contributed by atoms with van der Waals surface area (Å²) < 4.78 is 0.933. The van der Waals surface area contributed by atoms with Crippen LogP contribution in [0.5, 0.6) is 5.75 Å². The molecule has 16 heavy (non-hydrogen) atoms. The van der Waals surface area contributed by atoms with Gasteiger partial charge in [-0.15, -0.1) is 0 Å². The van der Waals surface area contributed by atoms with Crippen LogP contribution < -0.4 is 5.73 Å². The van der Waals surface area contributed by atoms with Crippen LogP contribution in [0, 0.1) is 3.57 Å². The molecule has 0 radical (unpaired) electrons. The molecule has 1 atom stereocenters. The molecule has 1 fully saturated rings. The SMILES string of the molecule is N[C@H]1CCN(C(=O)c2cc(I)ccc2O)C1. The Balaban J connectivity index is 2.23. The Morgan fingerprint density at radius 1 is 1.56 bits per heavy atom. The minimum atomic E-state index is -0.135. The first-order chi connectivity index (χ1) is 7.58. The number of benzene rings is 1. The Hall–Kier alpha value is -0.820. The van der Waals surface area contributed by atoms with E-state index in [0.29, 0.717) is 18.7 Å². The molecule has 0 aromatic heterocycles. The third-order valence-corrected chi connectivity index (χ3v) is 3.37. The lowest BCUT2D eigenvalue weighted by molar-refractivity contribution is 0.0788. The highest BCUT2D eigenvalue weighted by atomic mass is 127. The van der Waals surface area contributed by atoms with Crippen LogP contribution in [-0.2, 0) is 0 Å². The highest BCUT2D eigenvalue weighted by Crippen LogP contribution is 2.22. The van der Waals surface area contributed by atoms with E-state index in [9.17, 15) is 9.90 Å². The molecule has 1 aromatic carbocycles. The van der Waals surface area contributed by atoms with Crippen LogP contribution in [0.15, 0.2) is 18.2 Å². The van der Waals surface area contributed by atoms with Gasteiger partial charge in [0.15, 0.2) is 0 Å². The van der Waals surface area contributed by atoms with Gasteiger partial charge in [-0.05, 0) is 47.2 Å². The molecule has 1 aliphatic heterocycles. The Labute approximate surface area is 108 Å². The number of amides is 1. The normalized spacial score (nSPS) is 20.1. The number of rotatable bonds is 1. The number of hydrogen-bond acceptors (Lipinski definition) is 3. The summed E-state index contributed by atoms with van der Waals surface area (Å²) in [7, 11) is 0. The highest BCUT2D eigenvalue weighted by Gasteiger charge is 2.26. The zero-order valence-electron chi connectivity index (χ0n) is 8.69. The van der Waals surface area contributed by atoms with Crippen LogP contribution in [0.3, 0.4) is 0 Å². The number of likely N-dealkylation sites (tertiary alicyclic amines) is 1. The first-order valence-electron chi connectivity index (χ1n) is 5.11. The number of halogens is 1. The van der Waals surface area contributed by atoms with Gasteiger partial charge in [0.1, 0.15) is 5.75 Å². The summed E-state index contributed by atoms with van der Waals surface area (Å²) in [4.78, 5) is 13.8. The third kappa shape index (κ3) is 2.30. The van der Waals surface area contributed by atoms with Crippen molar-refractivity contribution in [2.75, 3.05) is 13.1 Å². The molecule has 1 aliphatic rings. The summed E-state index contributed by atoms with van der Waals surface area (Å²) in [6.45, 7) is 1.24. The van der Waals surface area contributed by atoms with Gasteiger partial charge in [-0.3, -0.25) is 4.79 Å². The topological polar surface area (TPSA) is 66.6 Å². The van der Waals surface area contributed by atoms with E-state index in [2.05, 4.69) is 22.6 Å². The summed E-state index contributed by atoms with van der Waals surface area (Å²) in [5, 5.41) is 9.65. The highest BCUT2D eigenvalue weighted by molar-refractivity contribution is 14.1. The van der Waals surface area contributed by atoms with Crippen LogP contribution in [0.2, 0.25) is 0 Å². The largest absolute Gasteiger partial charge is 0.507 e. The number of nitrogens with two attached hydrogens (primary N) is 1. The molecule has 1 aromatic rings. The van der Waals surface area contributed by atoms with Crippen molar-refractivity contribution in [3.8, 4) is 5.75 Å². The Kier molecular flexibility index (Phi) is 3.34. The lowest BCUT2D eigenvalue weighted by Crippen LogP contribution is -2.31. The zero-order valence-corrected chi connectivity index (χ0v) is 10.8. The van der Waals surface area contributed by atoms with E-state index >= 15 is 0 Å². The first-order valence-corrected chi connectivity index (χ1v) is 6.19. The molecule has 0 aliphatic carbocycles. The van der Waals surface area contributed by atoms with Crippen molar-refractivity contribution < 1.29 is 9.90 Å². The third-order valence-electron chi connectivity index (χ3n) is 2.70. The average Bonchev–Trinajstić information content (AvgIpc) is 2.67.